The van der Waals surface area contributed by atoms with Crippen LogP contribution in [0.1, 0.15) is 71.6 Å². The smallest absolute Gasteiger partial charge is 0.303 e. The van der Waals surface area contributed by atoms with Crippen molar-refractivity contribution in [1.29, 1.82) is 0 Å². The maximum absolute atomic E-state index is 12.0. The molecule has 6 heteroatoms. The molecule has 0 aromatic carbocycles. The van der Waals surface area contributed by atoms with Crippen LogP contribution >= 0.6 is 0 Å². The summed E-state index contributed by atoms with van der Waals surface area (Å²) in [5, 5.41) is 29.6. The third-order valence-corrected chi connectivity index (χ3v) is 5.96. The molecule has 4 atom stereocenters. The molecule has 0 heterocycles. The van der Waals surface area contributed by atoms with Crippen molar-refractivity contribution >= 4 is 11.9 Å². The number of carbonyl (C=O) groups is 2. The number of nitrogens with zero attached hydrogens (tertiary/aromatic N) is 1. The number of hydrogen-bond donors (Lipinski definition) is 3. The summed E-state index contributed by atoms with van der Waals surface area (Å²) < 4.78 is 0. The van der Waals surface area contributed by atoms with Gasteiger partial charge in [-0.25, -0.2) is 0 Å². The fourth-order valence-electron chi connectivity index (χ4n) is 3.89. The molecule has 0 saturated heterocycles. The van der Waals surface area contributed by atoms with Crippen molar-refractivity contribution in [2.45, 2.75) is 83.8 Å². The van der Waals surface area contributed by atoms with Crippen LogP contribution in [0, 0.1) is 17.3 Å². The van der Waals surface area contributed by atoms with E-state index in [0.29, 0.717) is 6.42 Å². The van der Waals surface area contributed by atoms with Gasteiger partial charge in [-0.1, -0.05) is 45.3 Å². The van der Waals surface area contributed by atoms with E-state index in [1.54, 1.807) is 20.2 Å². The molecule has 162 valence electrons. The number of aliphatic hydroxyl groups is 2. The Bertz CT molecular complexity index is 529. The summed E-state index contributed by atoms with van der Waals surface area (Å²) in [4.78, 5) is 24.0. The molecule has 1 fully saturated rings. The number of aliphatic hydroxyl groups excluding tert-OH is 2. The second-order valence-electron chi connectivity index (χ2n) is 9.10. The van der Waals surface area contributed by atoms with Gasteiger partial charge in [0.1, 0.15) is 0 Å². The number of rotatable bonds is 12. The first-order chi connectivity index (χ1) is 13.0. The number of amides is 1. The lowest BCUT2D eigenvalue weighted by atomic mass is 9.81. The Morgan fingerprint density at radius 3 is 2.39 bits per heavy atom. The normalized spacial score (nSPS) is 23.9. The maximum atomic E-state index is 12.0. The minimum Gasteiger partial charge on any atom is -0.481 e. The lowest BCUT2D eigenvalue weighted by Gasteiger charge is -2.29. The molecule has 0 spiro atoms. The second-order valence-corrected chi connectivity index (χ2v) is 9.10. The quantitative estimate of drug-likeness (QED) is 0.347. The first-order valence-electron chi connectivity index (χ1n) is 10.5. The molecular formula is C22H39NO5. The molecule has 4 unspecified atom stereocenters. The van der Waals surface area contributed by atoms with Gasteiger partial charge < -0.3 is 20.2 Å². The fourth-order valence-corrected chi connectivity index (χ4v) is 3.89. The van der Waals surface area contributed by atoms with E-state index >= 15 is 0 Å². The van der Waals surface area contributed by atoms with E-state index < -0.39 is 17.5 Å². The zero-order valence-corrected chi connectivity index (χ0v) is 17.9. The third-order valence-electron chi connectivity index (χ3n) is 5.96. The van der Waals surface area contributed by atoms with Crippen molar-refractivity contribution in [2.75, 3.05) is 14.1 Å². The maximum Gasteiger partial charge on any atom is 0.303 e. The molecule has 3 N–H and O–H groups in total. The molecule has 0 radical (unpaired) electrons. The van der Waals surface area contributed by atoms with Crippen LogP contribution in [0.25, 0.3) is 0 Å². The van der Waals surface area contributed by atoms with Gasteiger partial charge in [-0.3, -0.25) is 9.59 Å². The van der Waals surface area contributed by atoms with Crippen LogP contribution in [0.4, 0.5) is 0 Å². The van der Waals surface area contributed by atoms with Gasteiger partial charge in [0.05, 0.1) is 12.2 Å². The van der Waals surface area contributed by atoms with Crippen molar-refractivity contribution in [3.05, 3.63) is 12.2 Å². The Labute approximate surface area is 169 Å². The van der Waals surface area contributed by atoms with Gasteiger partial charge in [-0.05, 0) is 37.5 Å². The molecule has 6 nitrogen and oxygen atoms in total. The van der Waals surface area contributed by atoms with Crippen LogP contribution in [0.5, 0.6) is 0 Å². The first kappa shape index (κ1) is 24.6. The number of hydrogen-bond acceptors (Lipinski definition) is 4. The van der Waals surface area contributed by atoms with Crippen LogP contribution in [0.15, 0.2) is 12.2 Å². The molecule has 1 rings (SSSR count). The van der Waals surface area contributed by atoms with Crippen molar-refractivity contribution in [3.63, 3.8) is 0 Å². The van der Waals surface area contributed by atoms with Crippen LogP contribution in [0.3, 0.4) is 0 Å². The summed E-state index contributed by atoms with van der Waals surface area (Å²) in [5.74, 6) is -0.321. The molecule has 28 heavy (non-hydrogen) atoms. The molecule has 0 aliphatic heterocycles. The zero-order chi connectivity index (χ0) is 21.3. The summed E-state index contributed by atoms with van der Waals surface area (Å²) in [6.45, 7) is 3.78. The van der Waals surface area contributed by atoms with Gasteiger partial charge in [0.15, 0.2) is 0 Å². The van der Waals surface area contributed by atoms with E-state index in [-0.39, 0.29) is 36.7 Å². The Hall–Kier alpha value is -1.40. The van der Waals surface area contributed by atoms with E-state index in [1.165, 1.54) is 4.90 Å². The van der Waals surface area contributed by atoms with E-state index in [0.717, 1.165) is 38.5 Å². The predicted octanol–water partition coefficient (Wildman–Crippen LogP) is 3.22. The van der Waals surface area contributed by atoms with E-state index in [4.69, 9.17) is 5.11 Å². The van der Waals surface area contributed by atoms with Gasteiger partial charge >= 0.3 is 5.97 Å². The molecule has 1 amide bonds. The third kappa shape index (κ3) is 8.31. The van der Waals surface area contributed by atoms with Crippen LogP contribution in [0.2, 0.25) is 0 Å². The number of carboxylic acid groups (broad SMARTS) is 1. The van der Waals surface area contributed by atoms with Gasteiger partial charge in [0.2, 0.25) is 5.91 Å². The van der Waals surface area contributed by atoms with Crippen LogP contribution in [-0.2, 0) is 9.59 Å². The highest BCUT2D eigenvalue weighted by Gasteiger charge is 2.34. The number of carboxylic acids is 1. The molecule has 0 aromatic rings. The standard InChI is InChI=1S/C22H39NO5/c1-22(2,15-20(26)23(3)4)19(25)14-12-16-11-13-18(24)17(16)9-7-5-6-8-10-21(27)28/h12,14,16-19,24-25H,5-11,13,15H2,1-4H3,(H,27,28). The Kier molecular flexibility index (Phi) is 10.2. The topological polar surface area (TPSA) is 98.1 Å². The molecular weight excluding hydrogens is 358 g/mol. The van der Waals surface area contributed by atoms with E-state index in [9.17, 15) is 19.8 Å². The highest BCUT2D eigenvalue weighted by Crippen LogP contribution is 2.37. The monoisotopic (exact) mass is 397 g/mol. The molecule has 0 bridgehead atoms. The summed E-state index contributed by atoms with van der Waals surface area (Å²) in [5.41, 5.74) is -0.547. The van der Waals surface area contributed by atoms with Crippen molar-refractivity contribution in [3.8, 4) is 0 Å². The molecule has 0 aromatic heterocycles. The molecule has 1 aliphatic rings. The highest BCUT2D eigenvalue weighted by molar-refractivity contribution is 5.76. The average molecular weight is 398 g/mol. The fraction of sp³-hybridized carbons (Fsp3) is 0.818. The number of aliphatic carboxylic acids is 1. The van der Waals surface area contributed by atoms with Crippen molar-refractivity contribution in [1.82, 2.24) is 4.90 Å². The summed E-state index contributed by atoms with van der Waals surface area (Å²) in [6, 6.07) is 0. The minimum absolute atomic E-state index is 0.00508. The van der Waals surface area contributed by atoms with Gasteiger partial charge in [-0.2, -0.15) is 0 Å². The average Bonchev–Trinajstić information content (AvgIpc) is 2.95. The van der Waals surface area contributed by atoms with Crippen LogP contribution < -0.4 is 0 Å². The van der Waals surface area contributed by atoms with E-state index in [2.05, 4.69) is 0 Å². The Morgan fingerprint density at radius 1 is 1.14 bits per heavy atom. The van der Waals surface area contributed by atoms with Gasteiger partial charge in [0, 0.05) is 32.4 Å². The SMILES string of the molecule is CN(C)C(=O)CC(C)(C)C(O)C=CC1CCC(O)C1CCCCCCC(=O)O. The lowest BCUT2D eigenvalue weighted by molar-refractivity contribution is -0.137. The number of unbranched alkanes of at least 4 members (excludes halogenated alkanes) is 3. The molecule has 1 aliphatic carbocycles. The number of carbonyl (C=O) groups excluding carboxylic acids is 1. The largest absolute Gasteiger partial charge is 0.481 e. The molecule has 1 saturated carbocycles. The summed E-state index contributed by atoms with van der Waals surface area (Å²) >= 11 is 0. The van der Waals surface area contributed by atoms with Gasteiger partial charge in [-0.15, -0.1) is 0 Å². The van der Waals surface area contributed by atoms with Crippen molar-refractivity contribution in [2.24, 2.45) is 17.3 Å². The second kappa shape index (κ2) is 11.6. The Morgan fingerprint density at radius 2 is 1.79 bits per heavy atom. The predicted molar refractivity (Wildman–Crippen MR) is 110 cm³/mol. The summed E-state index contributed by atoms with van der Waals surface area (Å²) in [6.07, 6.45) is 9.47. The first-order valence-corrected chi connectivity index (χ1v) is 10.5. The lowest BCUT2D eigenvalue weighted by Crippen LogP contribution is -2.34. The zero-order valence-electron chi connectivity index (χ0n) is 17.9. The summed E-state index contributed by atoms with van der Waals surface area (Å²) in [7, 11) is 3.43. The van der Waals surface area contributed by atoms with Crippen LogP contribution in [-0.4, -0.2) is 58.4 Å². The van der Waals surface area contributed by atoms with Crippen molar-refractivity contribution < 1.29 is 24.9 Å². The Balaban J connectivity index is 2.51. The highest BCUT2D eigenvalue weighted by atomic mass is 16.4. The van der Waals surface area contributed by atoms with E-state index in [1.807, 2.05) is 19.9 Å². The minimum atomic E-state index is -0.745. The van der Waals surface area contributed by atoms with Gasteiger partial charge in [0.25, 0.3) is 0 Å². The number of allylic oxidation sites excluding steroid dienone is 1.